The highest BCUT2D eigenvalue weighted by atomic mass is 32.2. The lowest BCUT2D eigenvalue weighted by atomic mass is 10.4. The standard InChI is InChI=1S/C11H18N6S/c1-4-16-6-5-13-9(16)7-18-11-15-14-10(12)17(11)8(2)3/h5-6,8H,4,7H2,1-3H3,(H2,12,14). The van der Waals surface area contributed by atoms with Crippen molar-refractivity contribution in [1.82, 2.24) is 24.3 Å². The molecule has 0 saturated heterocycles. The van der Waals surface area contributed by atoms with Crippen molar-refractivity contribution in [3.63, 3.8) is 0 Å². The van der Waals surface area contributed by atoms with Crippen molar-refractivity contribution >= 4 is 17.7 Å². The topological polar surface area (TPSA) is 74.6 Å². The first kappa shape index (κ1) is 12.9. The molecule has 0 fully saturated rings. The molecule has 0 bridgehead atoms. The molecule has 0 spiro atoms. The molecule has 0 amide bonds. The average molecular weight is 266 g/mol. The summed E-state index contributed by atoms with van der Waals surface area (Å²) in [5.74, 6) is 2.27. The smallest absolute Gasteiger partial charge is 0.222 e. The first-order chi connectivity index (χ1) is 8.63. The van der Waals surface area contributed by atoms with Crippen LogP contribution in [-0.2, 0) is 12.3 Å². The Kier molecular flexibility index (Phi) is 3.90. The summed E-state index contributed by atoms with van der Waals surface area (Å²) >= 11 is 1.61. The maximum atomic E-state index is 5.80. The molecule has 18 heavy (non-hydrogen) atoms. The van der Waals surface area contributed by atoms with E-state index in [0.29, 0.717) is 5.95 Å². The van der Waals surface area contributed by atoms with Crippen LogP contribution in [0.2, 0.25) is 0 Å². The van der Waals surface area contributed by atoms with Crippen LogP contribution in [0.25, 0.3) is 0 Å². The Morgan fingerprint density at radius 3 is 2.83 bits per heavy atom. The predicted octanol–water partition coefficient (Wildman–Crippen LogP) is 1.95. The van der Waals surface area contributed by atoms with E-state index < -0.39 is 0 Å². The Bertz CT molecular complexity index is 515. The number of nitrogens with zero attached hydrogens (tertiary/aromatic N) is 5. The number of hydrogen-bond donors (Lipinski definition) is 1. The Labute approximate surface area is 111 Å². The van der Waals surface area contributed by atoms with Crippen LogP contribution < -0.4 is 5.73 Å². The van der Waals surface area contributed by atoms with Gasteiger partial charge in [0, 0.05) is 25.0 Å². The van der Waals surface area contributed by atoms with Crippen LogP contribution in [0.4, 0.5) is 5.95 Å². The maximum Gasteiger partial charge on any atom is 0.222 e. The molecule has 0 aliphatic carbocycles. The Morgan fingerprint density at radius 1 is 1.39 bits per heavy atom. The second kappa shape index (κ2) is 5.43. The molecule has 0 saturated carbocycles. The molecule has 7 heteroatoms. The SMILES string of the molecule is CCn1ccnc1CSc1nnc(N)n1C(C)C. The quantitative estimate of drug-likeness (QED) is 0.837. The van der Waals surface area contributed by atoms with Gasteiger partial charge in [-0.1, -0.05) is 11.8 Å². The number of nitrogen functional groups attached to an aromatic ring is 1. The van der Waals surface area contributed by atoms with Crippen LogP contribution in [-0.4, -0.2) is 24.3 Å². The lowest BCUT2D eigenvalue weighted by Crippen LogP contribution is -2.07. The van der Waals surface area contributed by atoms with Crippen LogP contribution >= 0.6 is 11.8 Å². The predicted molar refractivity (Wildman–Crippen MR) is 72.3 cm³/mol. The van der Waals surface area contributed by atoms with Crippen molar-refractivity contribution in [2.45, 2.75) is 44.3 Å². The van der Waals surface area contributed by atoms with Gasteiger partial charge in [-0.3, -0.25) is 4.57 Å². The molecule has 0 unspecified atom stereocenters. The zero-order valence-corrected chi connectivity index (χ0v) is 11.7. The van der Waals surface area contributed by atoms with E-state index in [4.69, 9.17) is 5.73 Å². The lowest BCUT2D eigenvalue weighted by Gasteiger charge is -2.11. The van der Waals surface area contributed by atoms with E-state index in [2.05, 4.69) is 40.5 Å². The summed E-state index contributed by atoms with van der Waals surface area (Å²) in [4.78, 5) is 4.34. The number of hydrogen-bond acceptors (Lipinski definition) is 5. The van der Waals surface area contributed by atoms with Gasteiger partial charge in [0.2, 0.25) is 5.95 Å². The molecule has 0 aliphatic heterocycles. The molecule has 0 aliphatic rings. The van der Waals surface area contributed by atoms with E-state index in [1.807, 2.05) is 17.0 Å². The minimum absolute atomic E-state index is 0.258. The Morgan fingerprint density at radius 2 is 2.17 bits per heavy atom. The number of anilines is 1. The van der Waals surface area contributed by atoms with Gasteiger partial charge >= 0.3 is 0 Å². The van der Waals surface area contributed by atoms with Crippen molar-refractivity contribution < 1.29 is 0 Å². The third-order valence-electron chi connectivity index (χ3n) is 2.68. The molecule has 2 heterocycles. The highest BCUT2D eigenvalue weighted by molar-refractivity contribution is 7.98. The van der Waals surface area contributed by atoms with Crippen LogP contribution in [0.1, 0.15) is 32.6 Å². The molecule has 6 nitrogen and oxygen atoms in total. The van der Waals surface area contributed by atoms with E-state index in [0.717, 1.165) is 23.3 Å². The van der Waals surface area contributed by atoms with E-state index in [1.165, 1.54) is 0 Å². The van der Waals surface area contributed by atoms with Gasteiger partial charge < -0.3 is 10.3 Å². The highest BCUT2D eigenvalue weighted by Gasteiger charge is 2.13. The zero-order chi connectivity index (χ0) is 13.1. The van der Waals surface area contributed by atoms with Gasteiger partial charge in [0.25, 0.3) is 0 Å². The van der Waals surface area contributed by atoms with Gasteiger partial charge in [0.05, 0.1) is 5.75 Å². The Hall–Kier alpha value is -1.50. The monoisotopic (exact) mass is 266 g/mol. The molecular weight excluding hydrogens is 248 g/mol. The summed E-state index contributed by atoms with van der Waals surface area (Å²) in [5.41, 5.74) is 5.80. The van der Waals surface area contributed by atoms with Crippen LogP contribution in [0, 0.1) is 0 Å². The molecule has 0 aromatic carbocycles. The van der Waals surface area contributed by atoms with Crippen molar-refractivity contribution in [3.8, 4) is 0 Å². The minimum atomic E-state index is 0.258. The molecule has 2 rings (SSSR count). The molecule has 2 N–H and O–H groups in total. The second-order valence-electron chi connectivity index (χ2n) is 4.22. The van der Waals surface area contributed by atoms with E-state index in [9.17, 15) is 0 Å². The molecule has 2 aromatic rings. The van der Waals surface area contributed by atoms with E-state index in [1.54, 1.807) is 11.8 Å². The van der Waals surface area contributed by atoms with Gasteiger partial charge in [-0.15, -0.1) is 10.2 Å². The van der Waals surface area contributed by atoms with Crippen LogP contribution in [0.5, 0.6) is 0 Å². The second-order valence-corrected chi connectivity index (χ2v) is 5.17. The fourth-order valence-electron chi connectivity index (χ4n) is 1.77. The molecular formula is C11H18N6S. The van der Waals surface area contributed by atoms with Gasteiger partial charge in [-0.2, -0.15) is 0 Å². The molecule has 0 radical (unpaired) electrons. The first-order valence-corrected chi connectivity index (χ1v) is 6.95. The summed E-state index contributed by atoms with van der Waals surface area (Å²) < 4.78 is 4.05. The fourth-order valence-corrected chi connectivity index (χ4v) is 2.81. The van der Waals surface area contributed by atoms with Crippen molar-refractivity contribution in [3.05, 3.63) is 18.2 Å². The fraction of sp³-hybridized carbons (Fsp3) is 0.545. The minimum Gasteiger partial charge on any atom is -0.368 e. The summed E-state index contributed by atoms with van der Waals surface area (Å²) in [7, 11) is 0. The summed E-state index contributed by atoms with van der Waals surface area (Å²) in [6.07, 6.45) is 3.80. The summed E-state index contributed by atoms with van der Waals surface area (Å²) in [6, 6.07) is 0.258. The first-order valence-electron chi connectivity index (χ1n) is 5.96. The number of nitrogens with two attached hydrogens (primary N) is 1. The third kappa shape index (κ3) is 2.50. The molecule has 2 aromatic heterocycles. The van der Waals surface area contributed by atoms with Gasteiger partial charge in [0.15, 0.2) is 5.16 Å². The average Bonchev–Trinajstić information content (AvgIpc) is 2.92. The van der Waals surface area contributed by atoms with Crippen LogP contribution in [0.3, 0.4) is 0 Å². The largest absolute Gasteiger partial charge is 0.368 e. The number of rotatable bonds is 5. The summed E-state index contributed by atoms with van der Waals surface area (Å²) in [6.45, 7) is 7.16. The Balaban J connectivity index is 2.11. The number of imidazole rings is 1. The number of aryl methyl sites for hydroxylation is 1. The summed E-state index contributed by atoms with van der Waals surface area (Å²) in [5, 5.41) is 8.87. The van der Waals surface area contributed by atoms with Gasteiger partial charge in [0.1, 0.15) is 5.82 Å². The van der Waals surface area contributed by atoms with Crippen molar-refractivity contribution in [1.29, 1.82) is 0 Å². The van der Waals surface area contributed by atoms with Gasteiger partial charge in [-0.25, -0.2) is 4.98 Å². The van der Waals surface area contributed by atoms with Crippen LogP contribution in [0.15, 0.2) is 17.6 Å². The van der Waals surface area contributed by atoms with Crippen molar-refractivity contribution in [2.24, 2.45) is 0 Å². The maximum absolute atomic E-state index is 5.80. The number of aromatic nitrogens is 5. The third-order valence-corrected chi connectivity index (χ3v) is 3.62. The van der Waals surface area contributed by atoms with E-state index >= 15 is 0 Å². The van der Waals surface area contributed by atoms with Gasteiger partial charge in [-0.05, 0) is 20.8 Å². The lowest BCUT2D eigenvalue weighted by molar-refractivity contribution is 0.557. The van der Waals surface area contributed by atoms with Crippen molar-refractivity contribution in [2.75, 3.05) is 5.73 Å². The van der Waals surface area contributed by atoms with E-state index in [-0.39, 0.29) is 6.04 Å². The molecule has 98 valence electrons. The highest BCUT2D eigenvalue weighted by Crippen LogP contribution is 2.25. The normalized spacial score (nSPS) is 11.3. The number of thioether (sulfide) groups is 1. The zero-order valence-electron chi connectivity index (χ0n) is 10.9. The molecule has 0 atom stereocenters.